The van der Waals surface area contributed by atoms with Crippen molar-refractivity contribution in [3.8, 4) is 17.2 Å². The number of oxazole rings is 1. The minimum atomic E-state index is 0.179. The van der Waals surface area contributed by atoms with Gasteiger partial charge in [0.25, 0.3) is 0 Å². The predicted molar refractivity (Wildman–Crippen MR) is 66.0 cm³/mol. The smallest absolute Gasteiger partial charge is 0.226 e. The van der Waals surface area contributed by atoms with Crippen LogP contribution in [-0.2, 0) is 0 Å². The second kappa shape index (κ2) is 5.01. The molecule has 0 radical (unpaired) electrons. The van der Waals surface area contributed by atoms with Crippen LogP contribution < -0.4 is 10.1 Å². The van der Waals surface area contributed by atoms with Crippen LogP contribution in [0.25, 0.3) is 11.5 Å². The van der Waals surface area contributed by atoms with Crippen LogP contribution in [0.5, 0.6) is 5.75 Å². The van der Waals surface area contributed by atoms with Crippen LogP contribution in [0.2, 0.25) is 0 Å². The van der Waals surface area contributed by atoms with Crippen molar-refractivity contribution >= 4 is 0 Å². The summed E-state index contributed by atoms with van der Waals surface area (Å²) >= 11 is 0. The van der Waals surface area contributed by atoms with E-state index in [4.69, 9.17) is 9.15 Å². The first-order chi connectivity index (χ1) is 8.24. The zero-order valence-electron chi connectivity index (χ0n) is 10.2. The van der Waals surface area contributed by atoms with Crippen LogP contribution in [0.1, 0.15) is 18.7 Å². The van der Waals surface area contributed by atoms with Crippen molar-refractivity contribution in [1.82, 2.24) is 10.3 Å². The minimum absolute atomic E-state index is 0.179. The summed E-state index contributed by atoms with van der Waals surface area (Å²) in [5.41, 5.74) is 1.81. The van der Waals surface area contributed by atoms with E-state index in [-0.39, 0.29) is 6.04 Å². The van der Waals surface area contributed by atoms with Gasteiger partial charge < -0.3 is 14.5 Å². The third kappa shape index (κ3) is 2.47. The number of hydrogen-bond donors (Lipinski definition) is 1. The van der Waals surface area contributed by atoms with E-state index < -0.39 is 0 Å². The van der Waals surface area contributed by atoms with Crippen LogP contribution in [0, 0.1) is 0 Å². The molecule has 1 atom stereocenters. The molecule has 2 aromatic rings. The fourth-order valence-corrected chi connectivity index (χ4v) is 1.52. The van der Waals surface area contributed by atoms with Crippen LogP contribution >= 0.6 is 0 Å². The van der Waals surface area contributed by atoms with Gasteiger partial charge in [-0.3, -0.25) is 0 Å². The Morgan fingerprint density at radius 1 is 1.41 bits per heavy atom. The van der Waals surface area contributed by atoms with E-state index >= 15 is 0 Å². The summed E-state index contributed by atoms with van der Waals surface area (Å²) < 4.78 is 10.6. The Balaban J connectivity index is 2.30. The van der Waals surface area contributed by atoms with E-state index in [1.165, 1.54) is 0 Å². The van der Waals surface area contributed by atoms with Gasteiger partial charge in [-0.1, -0.05) is 6.07 Å². The highest BCUT2D eigenvalue weighted by Gasteiger charge is 2.11. The molecule has 0 bridgehead atoms. The topological polar surface area (TPSA) is 47.3 Å². The van der Waals surface area contributed by atoms with Crippen molar-refractivity contribution in [1.29, 1.82) is 0 Å². The molecule has 1 aromatic carbocycles. The molecule has 1 aromatic heterocycles. The highest BCUT2D eigenvalue weighted by atomic mass is 16.5. The largest absolute Gasteiger partial charge is 0.497 e. The predicted octanol–water partition coefficient (Wildman–Crippen LogP) is 2.63. The fourth-order valence-electron chi connectivity index (χ4n) is 1.52. The number of hydrogen-bond acceptors (Lipinski definition) is 4. The monoisotopic (exact) mass is 232 g/mol. The first kappa shape index (κ1) is 11.7. The van der Waals surface area contributed by atoms with Crippen molar-refractivity contribution in [2.45, 2.75) is 13.0 Å². The standard InChI is InChI=1S/C13H16N2O2/c1-9(14-2)12-8-17-13(15-12)10-5-4-6-11(7-10)16-3/h4-9,14H,1-3H3. The van der Waals surface area contributed by atoms with Gasteiger partial charge in [-0.25, -0.2) is 4.98 Å². The number of rotatable bonds is 4. The lowest BCUT2D eigenvalue weighted by Crippen LogP contribution is -2.12. The van der Waals surface area contributed by atoms with Crippen molar-refractivity contribution in [2.75, 3.05) is 14.2 Å². The molecule has 0 aliphatic heterocycles. The van der Waals surface area contributed by atoms with Crippen molar-refractivity contribution in [3.05, 3.63) is 36.2 Å². The Morgan fingerprint density at radius 3 is 2.94 bits per heavy atom. The number of aromatic nitrogens is 1. The van der Waals surface area contributed by atoms with Gasteiger partial charge in [-0.15, -0.1) is 0 Å². The Labute approximate surface area is 101 Å². The highest BCUT2D eigenvalue weighted by Crippen LogP contribution is 2.24. The fraction of sp³-hybridized carbons (Fsp3) is 0.308. The molecule has 0 fully saturated rings. The molecule has 1 N–H and O–H groups in total. The van der Waals surface area contributed by atoms with E-state index in [0.29, 0.717) is 5.89 Å². The van der Waals surface area contributed by atoms with Gasteiger partial charge in [0.15, 0.2) is 0 Å². The van der Waals surface area contributed by atoms with Gasteiger partial charge in [-0.2, -0.15) is 0 Å². The summed E-state index contributed by atoms with van der Waals surface area (Å²) in [6, 6.07) is 7.84. The van der Waals surface area contributed by atoms with E-state index in [9.17, 15) is 0 Å². The Kier molecular flexibility index (Phi) is 3.44. The molecule has 4 nitrogen and oxygen atoms in total. The molecule has 0 amide bonds. The molecule has 4 heteroatoms. The summed E-state index contributed by atoms with van der Waals surface area (Å²) in [5, 5.41) is 3.12. The molecule has 2 rings (SSSR count). The summed E-state index contributed by atoms with van der Waals surface area (Å²) in [5.74, 6) is 1.41. The third-order valence-corrected chi connectivity index (χ3v) is 2.72. The van der Waals surface area contributed by atoms with E-state index in [1.807, 2.05) is 38.2 Å². The number of methoxy groups -OCH3 is 1. The minimum Gasteiger partial charge on any atom is -0.497 e. The van der Waals surface area contributed by atoms with Gasteiger partial charge in [0.05, 0.1) is 12.8 Å². The summed E-state index contributed by atoms with van der Waals surface area (Å²) in [7, 11) is 3.54. The molecule has 1 heterocycles. The first-order valence-corrected chi connectivity index (χ1v) is 5.51. The van der Waals surface area contributed by atoms with E-state index in [1.54, 1.807) is 13.4 Å². The van der Waals surface area contributed by atoms with Crippen LogP contribution in [0.15, 0.2) is 34.9 Å². The molecule has 0 aliphatic carbocycles. The van der Waals surface area contributed by atoms with Crippen LogP contribution in [0.4, 0.5) is 0 Å². The van der Waals surface area contributed by atoms with Crippen molar-refractivity contribution < 1.29 is 9.15 Å². The second-order valence-electron chi connectivity index (χ2n) is 3.82. The maximum absolute atomic E-state index is 5.47. The third-order valence-electron chi connectivity index (χ3n) is 2.72. The Hall–Kier alpha value is -1.81. The Morgan fingerprint density at radius 2 is 2.24 bits per heavy atom. The van der Waals surface area contributed by atoms with Crippen molar-refractivity contribution in [2.24, 2.45) is 0 Å². The second-order valence-corrected chi connectivity index (χ2v) is 3.82. The highest BCUT2D eigenvalue weighted by molar-refractivity contribution is 5.56. The number of nitrogens with one attached hydrogen (secondary N) is 1. The molecule has 0 spiro atoms. The van der Waals surface area contributed by atoms with Gasteiger partial charge in [0.1, 0.15) is 12.0 Å². The lowest BCUT2D eigenvalue weighted by molar-refractivity contribution is 0.414. The average molecular weight is 232 g/mol. The molecule has 17 heavy (non-hydrogen) atoms. The van der Waals surface area contributed by atoms with Gasteiger partial charge in [0.2, 0.25) is 5.89 Å². The maximum atomic E-state index is 5.47. The molecule has 0 saturated heterocycles. The summed E-state index contributed by atoms with van der Waals surface area (Å²) in [6.45, 7) is 2.03. The normalized spacial score (nSPS) is 12.4. The quantitative estimate of drug-likeness (QED) is 0.880. The maximum Gasteiger partial charge on any atom is 0.226 e. The molecule has 0 aliphatic rings. The number of nitrogens with zero attached hydrogens (tertiary/aromatic N) is 1. The van der Waals surface area contributed by atoms with Crippen LogP contribution in [-0.4, -0.2) is 19.1 Å². The van der Waals surface area contributed by atoms with E-state index in [2.05, 4.69) is 10.3 Å². The molecule has 1 unspecified atom stereocenters. The van der Waals surface area contributed by atoms with E-state index in [0.717, 1.165) is 17.0 Å². The SMILES string of the molecule is CNC(C)c1coc(-c2cccc(OC)c2)n1. The van der Waals surface area contributed by atoms with Gasteiger partial charge in [-0.05, 0) is 32.2 Å². The lowest BCUT2D eigenvalue weighted by atomic mass is 10.2. The van der Waals surface area contributed by atoms with Crippen molar-refractivity contribution in [3.63, 3.8) is 0 Å². The summed E-state index contributed by atoms with van der Waals surface area (Å²) in [6.07, 6.45) is 1.68. The average Bonchev–Trinajstić information content (AvgIpc) is 2.87. The summed E-state index contributed by atoms with van der Waals surface area (Å²) in [4.78, 5) is 4.44. The van der Waals surface area contributed by atoms with Gasteiger partial charge in [0, 0.05) is 11.6 Å². The molecular weight excluding hydrogens is 216 g/mol. The number of benzene rings is 1. The number of ether oxygens (including phenoxy) is 1. The lowest BCUT2D eigenvalue weighted by Gasteiger charge is -2.03. The van der Waals surface area contributed by atoms with Gasteiger partial charge >= 0.3 is 0 Å². The molecule has 90 valence electrons. The van der Waals surface area contributed by atoms with Crippen LogP contribution in [0.3, 0.4) is 0 Å². The molecular formula is C13H16N2O2. The Bertz CT molecular complexity index is 494. The zero-order valence-corrected chi connectivity index (χ0v) is 10.2. The first-order valence-electron chi connectivity index (χ1n) is 5.51. The zero-order chi connectivity index (χ0) is 12.3. The molecule has 0 saturated carbocycles.